The molecule has 4 heteroatoms. The summed E-state index contributed by atoms with van der Waals surface area (Å²) in [7, 11) is 0. The van der Waals surface area contributed by atoms with E-state index in [0.717, 1.165) is 25.9 Å². The highest BCUT2D eigenvalue weighted by Gasteiger charge is 2.26. The second-order valence-corrected chi connectivity index (χ2v) is 6.16. The van der Waals surface area contributed by atoms with Crippen molar-refractivity contribution in [3.8, 4) is 0 Å². The SMILES string of the molecule is CC1CCNCC1NC(=O)CC1OCCc2ccccc21. The Hall–Kier alpha value is -1.39. The first-order chi connectivity index (χ1) is 10.2. The lowest BCUT2D eigenvalue weighted by atomic mass is 9.93. The Labute approximate surface area is 126 Å². The largest absolute Gasteiger partial charge is 0.373 e. The van der Waals surface area contributed by atoms with E-state index < -0.39 is 0 Å². The number of hydrogen-bond acceptors (Lipinski definition) is 3. The van der Waals surface area contributed by atoms with E-state index in [4.69, 9.17) is 4.74 Å². The summed E-state index contributed by atoms with van der Waals surface area (Å²) in [6.07, 6.45) is 2.38. The molecule has 1 aromatic carbocycles. The van der Waals surface area contributed by atoms with E-state index in [1.165, 1.54) is 11.1 Å². The Morgan fingerprint density at radius 1 is 1.43 bits per heavy atom. The summed E-state index contributed by atoms with van der Waals surface area (Å²) in [6, 6.07) is 8.53. The fourth-order valence-corrected chi connectivity index (χ4v) is 3.26. The van der Waals surface area contributed by atoms with Crippen molar-refractivity contribution in [2.45, 2.75) is 38.3 Å². The highest BCUT2D eigenvalue weighted by atomic mass is 16.5. The fraction of sp³-hybridized carbons (Fsp3) is 0.588. The van der Waals surface area contributed by atoms with E-state index >= 15 is 0 Å². The topological polar surface area (TPSA) is 50.4 Å². The molecule has 2 aliphatic rings. The summed E-state index contributed by atoms with van der Waals surface area (Å²) >= 11 is 0. The minimum Gasteiger partial charge on any atom is -0.373 e. The molecule has 3 unspecified atom stereocenters. The minimum atomic E-state index is -0.0956. The number of benzene rings is 1. The molecule has 0 saturated carbocycles. The number of hydrogen-bond donors (Lipinski definition) is 2. The Morgan fingerprint density at radius 3 is 3.14 bits per heavy atom. The summed E-state index contributed by atoms with van der Waals surface area (Å²) in [5.41, 5.74) is 2.49. The van der Waals surface area contributed by atoms with Gasteiger partial charge in [0.05, 0.1) is 19.1 Å². The Bertz CT molecular complexity index is 503. The lowest BCUT2D eigenvalue weighted by molar-refractivity contribution is -0.125. The van der Waals surface area contributed by atoms with Gasteiger partial charge < -0.3 is 15.4 Å². The molecule has 1 saturated heterocycles. The molecule has 3 rings (SSSR count). The van der Waals surface area contributed by atoms with Gasteiger partial charge in [-0.1, -0.05) is 31.2 Å². The van der Waals surface area contributed by atoms with Gasteiger partial charge in [0.15, 0.2) is 0 Å². The van der Waals surface area contributed by atoms with E-state index in [-0.39, 0.29) is 18.1 Å². The quantitative estimate of drug-likeness (QED) is 0.892. The number of nitrogens with one attached hydrogen (secondary N) is 2. The molecule has 2 N–H and O–H groups in total. The number of amides is 1. The highest BCUT2D eigenvalue weighted by Crippen LogP contribution is 2.29. The molecular weight excluding hydrogens is 264 g/mol. The molecule has 1 fully saturated rings. The first-order valence-electron chi connectivity index (χ1n) is 7.93. The molecule has 3 atom stereocenters. The van der Waals surface area contributed by atoms with Crippen molar-refractivity contribution < 1.29 is 9.53 Å². The van der Waals surface area contributed by atoms with Gasteiger partial charge in [0, 0.05) is 12.6 Å². The third kappa shape index (κ3) is 3.44. The van der Waals surface area contributed by atoms with Crippen LogP contribution in [-0.4, -0.2) is 31.6 Å². The number of rotatable bonds is 3. The summed E-state index contributed by atoms with van der Waals surface area (Å²) in [4.78, 5) is 12.3. The van der Waals surface area contributed by atoms with Crippen LogP contribution in [0.25, 0.3) is 0 Å². The molecule has 0 spiro atoms. The van der Waals surface area contributed by atoms with Gasteiger partial charge in [0.25, 0.3) is 0 Å². The number of fused-ring (bicyclic) bond motifs is 1. The molecule has 114 valence electrons. The van der Waals surface area contributed by atoms with E-state index in [9.17, 15) is 4.79 Å². The van der Waals surface area contributed by atoms with Crippen LogP contribution in [-0.2, 0) is 16.0 Å². The zero-order valence-electron chi connectivity index (χ0n) is 12.6. The number of ether oxygens (including phenoxy) is 1. The lowest BCUT2D eigenvalue weighted by Gasteiger charge is -2.31. The summed E-state index contributed by atoms with van der Waals surface area (Å²) in [6.45, 7) is 4.83. The predicted octanol–water partition coefficient (Wildman–Crippen LogP) is 1.80. The average Bonchev–Trinajstić information content (AvgIpc) is 2.50. The van der Waals surface area contributed by atoms with Crippen LogP contribution in [0.2, 0.25) is 0 Å². The van der Waals surface area contributed by atoms with Gasteiger partial charge in [0.1, 0.15) is 0 Å². The van der Waals surface area contributed by atoms with Crippen LogP contribution in [0.15, 0.2) is 24.3 Å². The van der Waals surface area contributed by atoms with Gasteiger partial charge in [-0.15, -0.1) is 0 Å². The number of carbonyl (C=O) groups is 1. The van der Waals surface area contributed by atoms with Crippen LogP contribution in [0.1, 0.15) is 37.0 Å². The molecule has 1 amide bonds. The van der Waals surface area contributed by atoms with Crippen molar-refractivity contribution in [3.63, 3.8) is 0 Å². The monoisotopic (exact) mass is 288 g/mol. The zero-order chi connectivity index (χ0) is 14.7. The van der Waals surface area contributed by atoms with Crippen molar-refractivity contribution in [2.24, 2.45) is 5.92 Å². The van der Waals surface area contributed by atoms with Gasteiger partial charge in [-0.2, -0.15) is 0 Å². The normalized spacial score (nSPS) is 28.7. The Morgan fingerprint density at radius 2 is 2.29 bits per heavy atom. The van der Waals surface area contributed by atoms with Crippen LogP contribution in [0.4, 0.5) is 0 Å². The van der Waals surface area contributed by atoms with Gasteiger partial charge in [-0.25, -0.2) is 0 Å². The summed E-state index contributed by atoms with van der Waals surface area (Å²) < 4.78 is 5.81. The van der Waals surface area contributed by atoms with Crippen molar-refractivity contribution in [3.05, 3.63) is 35.4 Å². The smallest absolute Gasteiger partial charge is 0.223 e. The maximum Gasteiger partial charge on any atom is 0.223 e. The maximum atomic E-state index is 12.3. The number of piperidine rings is 1. The van der Waals surface area contributed by atoms with Crippen molar-refractivity contribution in [1.82, 2.24) is 10.6 Å². The maximum absolute atomic E-state index is 12.3. The molecule has 0 aromatic heterocycles. The molecule has 21 heavy (non-hydrogen) atoms. The minimum absolute atomic E-state index is 0.0947. The first kappa shape index (κ1) is 14.5. The zero-order valence-corrected chi connectivity index (χ0v) is 12.6. The van der Waals surface area contributed by atoms with E-state index in [2.05, 4.69) is 35.8 Å². The van der Waals surface area contributed by atoms with Crippen LogP contribution in [0, 0.1) is 5.92 Å². The molecular formula is C17H24N2O2. The second kappa shape index (κ2) is 6.58. The third-order valence-electron chi connectivity index (χ3n) is 4.64. The first-order valence-corrected chi connectivity index (χ1v) is 7.93. The van der Waals surface area contributed by atoms with Crippen molar-refractivity contribution in [1.29, 1.82) is 0 Å². The van der Waals surface area contributed by atoms with Crippen LogP contribution >= 0.6 is 0 Å². The van der Waals surface area contributed by atoms with Crippen LogP contribution < -0.4 is 10.6 Å². The fourth-order valence-electron chi connectivity index (χ4n) is 3.26. The van der Waals surface area contributed by atoms with E-state index in [1.807, 2.05) is 6.07 Å². The summed E-state index contributed by atoms with van der Waals surface area (Å²) in [5.74, 6) is 0.631. The molecule has 2 aliphatic heterocycles. The molecule has 0 bridgehead atoms. The Balaban J connectivity index is 1.60. The third-order valence-corrected chi connectivity index (χ3v) is 4.64. The molecule has 2 heterocycles. The Kier molecular flexibility index (Phi) is 4.56. The highest BCUT2D eigenvalue weighted by molar-refractivity contribution is 5.77. The van der Waals surface area contributed by atoms with Crippen molar-refractivity contribution in [2.75, 3.05) is 19.7 Å². The van der Waals surface area contributed by atoms with Crippen LogP contribution in [0.3, 0.4) is 0 Å². The van der Waals surface area contributed by atoms with E-state index in [0.29, 0.717) is 18.9 Å². The lowest BCUT2D eigenvalue weighted by Crippen LogP contribution is -2.50. The molecule has 1 aromatic rings. The number of carbonyl (C=O) groups excluding carboxylic acids is 1. The summed E-state index contributed by atoms with van der Waals surface area (Å²) in [5, 5.41) is 6.51. The predicted molar refractivity (Wildman–Crippen MR) is 82.0 cm³/mol. The standard InChI is InChI=1S/C17H24N2O2/c1-12-6-8-18-11-15(12)19-17(20)10-16-14-5-3-2-4-13(14)7-9-21-16/h2-5,12,15-16,18H,6-11H2,1H3,(H,19,20). The van der Waals surface area contributed by atoms with E-state index in [1.54, 1.807) is 0 Å². The molecule has 4 nitrogen and oxygen atoms in total. The molecule has 0 radical (unpaired) electrons. The average molecular weight is 288 g/mol. The van der Waals surface area contributed by atoms with Gasteiger partial charge in [-0.05, 0) is 36.4 Å². The van der Waals surface area contributed by atoms with Gasteiger partial charge in [-0.3, -0.25) is 4.79 Å². The van der Waals surface area contributed by atoms with Gasteiger partial charge >= 0.3 is 0 Å². The van der Waals surface area contributed by atoms with Crippen LogP contribution in [0.5, 0.6) is 0 Å². The van der Waals surface area contributed by atoms with Gasteiger partial charge in [0.2, 0.25) is 5.91 Å². The van der Waals surface area contributed by atoms with Crippen molar-refractivity contribution >= 4 is 5.91 Å². The molecule has 0 aliphatic carbocycles. The second-order valence-electron chi connectivity index (χ2n) is 6.16.